The summed E-state index contributed by atoms with van der Waals surface area (Å²) >= 11 is 0. The van der Waals surface area contributed by atoms with Crippen LogP contribution >= 0.6 is 0 Å². The second kappa shape index (κ2) is 13.2. The van der Waals surface area contributed by atoms with E-state index in [0.717, 1.165) is 6.42 Å². The fourth-order valence-corrected chi connectivity index (χ4v) is 3.13. The van der Waals surface area contributed by atoms with Crippen molar-refractivity contribution < 1.29 is 24.2 Å². The number of carboxylic acids is 1. The van der Waals surface area contributed by atoms with E-state index in [9.17, 15) is 14.7 Å². The molecule has 0 heterocycles. The smallest absolute Gasteiger partial charge is 0.336 e. The maximum atomic E-state index is 12.3. The van der Waals surface area contributed by atoms with Crippen molar-refractivity contribution in [2.45, 2.75) is 27.2 Å². The molecule has 0 aliphatic heterocycles. The minimum Gasteiger partial charge on any atom is -0.493 e. The first-order valence-corrected chi connectivity index (χ1v) is 11.1. The summed E-state index contributed by atoms with van der Waals surface area (Å²) in [6, 6.07) is 23.5. The molecule has 0 unspecified atom stereocenters. The number of benzene rings is 3. The van der Waals surface area contributed by atoms with Crippen LogP contribution in [0.3, 0.4) is 0 Å². The predicted octanol–water partition coefficient (Wildman–Crippen LogP) is 5.94. The van der Waals surface area contributed by atoms with Gasteiger partial charge in [-0.05, 0) is 48.4 Å². The molecule has 0 atom stereocenters. The van der Waals surface area contributed by atoms with Gasteiger partial charge in [0.1, 0.15) is 5.75 Å². The number of carbonyl (C=O) groups is 2. The Morgan fingerprint density at radius 3 is 1.97 bits per heavy atom. The van der Waals surface area contributed by atoms with Crippen LogP contribution in [0.1, 0.15) is 47.1 Å². The van der Waals surface area contributed by atoms with Gasteiger partial charge in [-0.15, -0.1) is 0 Å². The molecule has 34 heavy (non-hydrogen) atoms. The van der Waals surface area contributed by atoms with Crippen molar-refractivity contribution in [3.05, 3.63) is 95.6 Å². The van der Waals surface area contributed by atoms with E-state index in [1.165, 1.54) is 17.7 Å². The van der Waals surface area contributed by atoms with Gasteiger partial charge in [0.15, 0.2) is 0 Å². The Labute approximate surface area is 201 Å². The van der Waals surface area contributed by atoms with Crippen LogP contribution in [0.4, 0.5) is 5.69 Å². The highest BCUT2D eigenvalue weighted by Gasteiger charge is 2.19. The van der Waals surface area contributed by atoms with Crippen molar-refractivity contribution >= 4 is 17.6 Å². The molecular formula is C28H33NO5. The fraction of sp³-hybridized carbons (Fsp3) is 0.286. The lowest BCUT2D eigenvalue weighted by Crippen LogP contribution is -2.26. The van der Waals surface area contributed by atoms with Crippen LogP contribution in [-0.2, 0) is 11.2 Å². The van der Waals surface area contributed by atoms with Gasteiger partial charge in [-0.3, -0.25) is 4.79 Å². The van der Waals surface area contributed by atoms with Gasteiger partial charge >= 0.3 is 5.97 Å². The molecule has 180 valence electrons. The van der Waals surface area contributed by atoms with Crippen LogP contribution in [0.2, 0.25) is 0 Å². The first-order valence-electron chi connectivity index (χ1n) is 11.1. The molecule has 0 spiro atoms. The van der Waals surface area contributed by atoms with Gasteiger partial charge < -0.3 is 19.9 Å². The summed E-state index contributed by atoms with van der Waals surface area (Å²) in [5.74, 6) is -0.936. The average molecular weight is 464 g/mol. The van der Waals surface area contributed by atoms with Crippen LogP contribution in [0.15, 0.2) is 78.9 Å². The highest BCUT2D eigenvalue weighted by atomic mass is 16.5. The van der Waals surface area contributed by atoms with E-state index in [1.54, 1.807) is 43.5 Å². The Bertz CT molecular complexity index is 1050. The van der Waals surface area contributed by atoms with Crippen LogP contribution in [0.25, 0.3) is 0 Å². The van der Waals surface area contributed by atoms with Crippen LogP contribution in [0.5, 0.6) is 5.75 Å². The van der Waals surface area contributed by atoms with E-state index in [1.807, 2.05) is 19.9 Å². The van der Waals surface area contributed by atoms with Crippen molar-refractivity contribution in [2.24, 2.45) is 5.41 Å². The second-order valence-electron chi connectivity index (χ2n) is 8.55. The molecule has 3 aromatic rings. The van der Waals surface area contributed by atoms with Crippen LogP contribution < -0.4 is 10.1 Å². The van der Waals surface area contributed by atoms with Gasteiger partial charge in [-0.25, -0.2) is 4.79 Å². The normalized spacial score (nSPS) is 10.6. The number of rotatable bonds is 9. The van der Waals surface area contributed by atoms with Crippen molar-refractivity contribution in [3.63, 3.8) is 0 Å². The third-order valence-electron chi connectivity index (χ3n) is 4.93. The molecule has 0 fully saturated rings. The Morgan fingerprint density at radius 2 is 1.44 bits per heavy atom. The molecular weight excluding hydrogens is 430 g/mol. The van der Waals surface area contributed by atoms with E-state index in [2.05, 4.69) is 36.5 Å². The molecule has 0 aliphatic carbocycles. The SMILES string of the molecule is CCc1ccccc1.COCC(C)(C)COc1ccc(NC(=O)c2ccccc2C(=O)O)cc1. The largest absolute Gasteiger partial charge is 0.493 e. The van der Waals surface area contributed by atoms with Crippen molar-refractivity contribution in [1.29, 1.82) is 0 Å². The third kappa shape index (κ3) is 8.71. The summed E-state index contributed by atoms with van der Waals surface area (Å²) in [5.41, 5.74) is 1.93. The van der Waals surface area contributed by atoms with Gasteiger partial charge in [0.25, 0.3) is 5.91 Å². The lowest BCUT2D eigenvalue weighted by atomic mass is 9.96. The number of amides is 1. The Balaban J connectivity index is 0.000000430. The lowest BCUT2D eigenvalue weighted by Gasteiger charge is -2.23. The van der Waals surface area contributed by atoms with Crippen molar-refractivity contribution in [3.8, 4) is 5.75 Å². The van der Waals surface area contributed by atoms with Crippen LogP contribution in [0, 0.1) is 5.41 Å². The Morgan fingerprint density at radius 1 is 0.853 bits per heavy atom. The number of nitrogens with one attached hydrogen (secondary N) is 1. The molecule has 0 radical (unpaired) electrons. The quantitative estimate of drug-likeness (QED) is 0.410. The highest BCUT2D eigenvalue weighted by Crippen LogP contribution is 2.21. The molecule has 0 aromatic heterocycles. The van der Waals surface area contributed by atoms with E-state index in [-0.39, 0.29) is 16.5 Å². The maximum Gasteiger partial charge on any atom is 0.336 e. The zero-order valence-electron chi connectivity index (χ0n) is 20.2. The molecule has 0 saturated carbocycles. The van der Waals surface area contributed by atoms with Crippen LogP contribution in [-0.4, -0.2) is 37.3 Å². The predicted molar refractivity (Wildman–Crippen MR) is 135 cm³/mol. The highest BCUT2D eigenvalue weighted by molar-refractivity contribution is 6.10. The zero-order chi connectivity index (χ0) is 25.0. The standard InChI is InChI=1S/C20H23NO5.C8H10/c1-20(2,12-25-3)13-26-15-10-8-14(9-11-15)21-18(22)16-6-4-5-7-17(16)19(23)24;1-2-8-6-4-3-5-7-8/h4-11H,12-13H2,1-3H3,(H,21,22)(H,23,24);3-7H,2H2,1H3. The van der Waals surface area contributed by atoms with Gasteiger partial charge in [0.05, 0.1) is 24.3 Å². The van der Waals surface area contributed by atoms with Gasteiger partial charge in [-0.1, -0.05) is 63.2 Å². The van der Waals surface area contributed by atoms with E-state index in [0.29, 0.717) is 24.7 Å². The number of ether oxygens (including phenoxy) is 2. The third-order valence-corrected chi connectivity index (χ3v) is 4.93. The van der Waals surface area contributed by atoms with Crippen molar-refractivity contribution in [2.75, 3.05) is 25.6 Å². The number of methoxy groups -OCH3 is 1. The molecule has 0 saturated heterocycles. The molecule has 3 aromatic carbocycles. The molecule has 0 bridgehead atoms. The molecule has 2 N–H and O–H groups in total. The topological polar surface area (TPSA) is 84.9 Å². The Kier molecular flexibility index (Phi) is 10.3. The summed E-state index contributed by atoms with van der Waals surface area (Å²) in [4.78, 5) is 23.6. The van der Waals surface area contributed by atoms with Crippen molar-refractivity contribution in [1.82, 2.24) is 0 Å². The summed E-state index contributed by atoms with van der Waals surface area (Å²) < 4.78 is 10.9. The first kappa shape index (κ1) is 26.6. The summed E-state index contributed by atoms with van der Waals surface area (Å²) in [6.45, 7) is 7.34. The van der Waals surface area contributed by atoms with E-state index < -0.39 is 11.9 Å². The number of carbonyl (C=O) groups excluding carboxylic acids is 1. The lowest BCUT2D eigenvalue weighted by molar-refractivity contribution is 0.0644. The number of aromatic carboxylic acids is 1. The minimum atomic E-state index is -1.14. The van der Waals surface area contributed by atoms with Gasteiger partial charge in [-0.2, -0.15) is 0 Å². The number of carboxylic acid groups (broad SMARTS) is 1. The molecule has 0 aliphatic rings. The number of hydrogen-bond donors (Lipinski definition) is 2. The summed E-state index contributed by atoms with van der Waals surface area (Å²) in [5, 5.41) is 11.9. The fourth-order valence-electron chi connectivity index (χ4n) is 3.13. The Hall–Kier alpha value is -3.64. The van der Waals surface area contributed by atoms with E-state index >= 15 is 0 Å². The summed E-state index contributed by atoms with van der Waals surface area (Å²) in [7, 11) is 1.65. The monoisotopic (exact) mass is 463 g/mol. The van der Waals surface area contributed by atoms with Gasteiger partial charge in [0, 0.05) is 18.2 Å². The number of aryl methyl sites for hydroxylation is 1. The number of hydrogen-bond acceptors (Lipinski definition) is 4. The van der Waals surface area contributed by atoms with E-state index in [4.69, 9.17) is 9.47 Å². The molecule has 1 amide bonds. The zero-order valence-corrected chi connectivity index (χ0v) is 20.2. The van der Waals surface area contributed by atoms with Gasteiger partial charge in [0.2, 0.25) is 0 Å². The molecule has 6 heteroatoms. The minimum absolute atomic E-state index is 0.0367. The second-order valence-corrected chi connectivity index (χ2v) is 8.55. The molecule has 6 nitrogen and oxygen atoms in total. The average Bonchev–Trinajstić information content (AvgIpc) is 2.84. The maximum absolute atomic E-state index is 12.3. The first-order chi connectivity index (χ1) is 16.3. The summed E-state index contributed by atoms with van der Waals surface area (Å²) in [6.07, 6.45) is 1.14. The number of anilines is 1. The molecule has 3 rings (SSSR count).